The van der Waals surface area contributed by atoms with Crippen LogP contribution in [-0.4, -0.2) is 15.2 Å². The summed E-state index contributed by atoms with van der Waals surface area (Å²) in [5, 5.41) is 0.208. The molecule has 2 nitrogen and oxygen atoms in total. The normalized spacial score (nSPS) is 24.6. The Kier molecular flexibility index (Phi) is 3.16. The van der Waals surface area contributed by atoms with Crippen molar-refractivity contribution in [1.29, 1.82) is 4.78 Å². The second kappa shape index (κ2) is 3.77. The first-order valence-corrected chi connectivity index (χ1v) is 6.56. The molecule has 0 spiro atoms. The second-order valence-corrected chi connectivity index (χ2v) is 6.65. The first-order valence-electron chi connectivity index (χ1n) is 4.77. The van der Waals surface area contributed by atoms with E-state index in [1.54, 1.807) is 0 Å². The molecule has 0 aliphatic heterocycles. The molecule has 0 radical (unpaired) electrons. The van der Waals surface area contributed by atoms with E-state index in [4.69, 9.17) is 4.78 Å². The van der Waals surface area contributed by atoms with E-state index in [2.05, 4.69) is 0 Å². The summed E-state index contributed by atoms with van der Waals surface area (Å²) in [5.74, 6) is 0.994. The van der Waals surface area contributed by atoms with E-state index in [0.717, 1.165) is 12.8 Å². The van der Waals surface area contributed by atoms with E-state index in [1.807, 2.05) is 13.8 Å². The van der Waals surface area contributed by atoms with Crippen LogP contribution in [0, 0.1) is 10.7 Å². The van der Waals surface area contributed by atoms with Crippen molar-refractivity contribution in [3.05, 3.63) is 0 Å². The minimum Gasteiger partial charge on any atom is -0.253 e. The quantitative estimate of drug-likeness (QED) is 0.728. The van der Waals surface area contributed by atoms with Gasteiger partial charge < -0.3 is 0 Å². The van der Waals surface area contributed by atoms with Crippen molar-refractivity contribution < 1.29 is 4.21 Å². The average molecular weight is 189 g/mol. The predicted molar refractivity (Wildman–Crippen MR) is 52.8 cm³/mol. The van der Waals surface area contributed by atoms with E-state index < -0.39 is 9.73 Å². The molecule has 1 atom stereocenters. The van der Waals surface area contributed by atoms with Crippen molar-refractivity contribution in [2.45, 2.75) is 44.8 Å². The molecule has 0 amide bonds. The molecular weight excluding hydrogens is 170 g/mol. The summed E-state index contributed by atoms with van der Waals surface area (Å²) in [6.07, 6.45) is 4.40. The summed E-state index contributed by atoms with van der Waals surface area (Å²) in [6.45, 7) is 4.09. The van der Waals surface area contributed by atoms with Gasteiger partial charge >= 0.3 is 0 Å². The highest BCUT2D eigenvalue weighted by Gasteiger charge is 2.25. The molecule has 12 heavy (non-hydrogen) atoms. The lowest BCUT2D eigenvalue weighted by Gasteiger charge is -2.15. The second-order valence-electron chi connectivity index (χ2n) is 4.19. The summed E-state index contributed by atoms with van der Waals surface area (Å²) in [4.78, 5) is 0. The van der Waals surface area contributed by atoms with E-state index in [9.17, 15) is 4.21 Å². The molecule has 0 saturated heterocycles. The van der Waals surface area contributed by atoms with Gasteiger partial charge in [-0.25, -0.2) is 4.21 Å². The first-order chi connectivity index (χ1) is 5.52. The molecule has 1 aliphatic carbocycles. The lowest BCUT2D eigenvalue weighted by molar-refractivity contribution is 0.640. The molecule has 0 aromatic rings. The molecule has 72 valence electrons. The topological polar surface area (TPSA) is 40.9 Å². The predicted octanol–water partition coefficient (Wildman–Crippen LogP) is 2.63. The van der Waals surface area contributed by atoms with Gasteiger partial charge in [-0.05, 0) is 18.8 Å². The van der Waals surface area contributed by atoms with Crippen molar-refractivity contribution in [2.24, 2.45) is 5.92 Å². The number of hydrogen-bond donors (Lipinski definition) is 1. The van der Waals surface area contributed by atoms with Gasteiger partial charge in [0, 0.05) is 20.7 Å². The summed E-state index contributed by atoms with van der Waals surface area (Å²) >= 11 is 0. The van der Waals surface area contributed by atoms with Crippen molar-refractivity contribution in [2.75, 3.05) is 5.75 Å². The van der Waals surface area contributed by atoms with Crippen LogP contribution in [0.2, 0.25) is 0 Å². The van der Waals surface area contributed by atoms with E-state index in [0.29, 0.717) is 11.7 Å². The lowest BCUT2D eigenvalue weighted by atomic mass is 10.3. The van der Waals surface area contributed by atoms with E-state index in [1.165, 1.54) is 12.8 Å². The van der Waals surface area contributed by atoms with Gasteiger partial charge in [0.15, 0.2) is 0 Å². The largest absolute Gasteiger partial charge is 0.253 e. The Morgan fingerprint density at radius 2 is 1.92 bits per heavy atom. The van der Waals surface area contributed by atoms with Crippen LogP contribution < -0.4 is 0 Å². The van der Waals surface area contributed by atoms with Crippen molar-refractivity contribution in [1.82, 2.24) is 0 Å². The van der Waals surface area contributed by atoms with Gasteiger partial charge in [-0.2, -0.15) is 0 Å². The minimum absolute atomic E-state index is 0.208. The highest BCUT2D eigenvalue weighted by atomic mass is 32.2. The first kappa shape index (κ1) is 10.0. The van der Waals surface area contributed by atoms with Crippen LogP contribution in [0.15, 0.2) is 0 Å². The van der Waals surface area contributed by atoms with Crippen LogP contribution >= 0.6 is 0 Å². The Morgan fingerprint density at radius 3 is 2.33 bits per heavy atom. The smallest absolute Gasteiger partial charge is 0.0473 e. The Hall–Kier alpha value is -0.0500. The van der Waals surface area contributed by atoms with Gasteiger partial charge in [-0.1, -0.05) is 26.7 Å². The molecule has 0 heterocycles. The Labute approximate surface area is 75.7 Å². The molecule has 1 saturated carbocycles. The molecular formula is C9H19NOS. The molecule has 1 unspecified atom stereocenters. The highest BCUT2D eigenvalue weighted by molar-refractivity contribution is 7.93. The Balaban J connectivity index is 2.58. The molecule has 1 fully saturated rings. The van der Waals surface area contributed by atoms with Crippen molar-refractivity contribution in [3.63, 3.8) is 0 Å². The zero-order valence-electron chi connectivity index (χ0n) is 8.01. The third-order valence-corrected chi connectivity index (χ3v) is 5.13. The monoisotopic (exact) mass is 189 g/mol. The van der Waals surface area contributed by atoms with Gasteiger partial charge in [0.1, 0.15) is 0 Å². The Morgan fingerprint density at radius 1 is 1.42 bits per heavy atom. The molecule has 0 bridgehead atoms. The van der Waals surface area contributed by atoms with Crippen molar-refractivity contribution in [3.8, 4) is 0 Å². The summed E-state index contributed by atoms with van der Waals surface area (Å²) < 4.78 is 19.6. The Bertz CT molecular complexity index is 225. The fourth-order valence-electron chi connectivity index (χ4n) is 1.90. The standard InChI is InChI=1S/C9H19NOS/c1-8(2)7-12(10,11)9-5-3-4-6-9/h8-10H,3-7H2,1-2H3. The zero-order valence-corrected chi connectivity index (χ0v) is 8.82. The summed E-state index contributed by atoms with van der Waals surface area (Å²) in [5.41, 5.74) is 0. The van der Waals surface area contributed by atoms with Crippen LogP contribution in [0.4, 0.5) is 0 Å². The van der Waals surface area contributed by atoms with Gasteiger partial charge in [-0.15, -0.1) is 0 Å². The molecule has 0 aromatic heterocycles. The molecule has 1 aliphatic rings. The fraction of sp³-hybridized carbons (Fsp3) is 1.00. The molecule has 0 aromatic carbocycles. The third kappa shape index (κ3) is 2.47. The fourth-order valence-corrected chi connectivity index (χ4v) is 4.26. The maximum absolute atomic E-state index is 11.9. The maximum atomic E-state index is 11.9. The van der Waals surface area contributed by atoms with Crippen LogP contribution in [-0.2, 0) is 9.73 Å². The SMILES string of the molecule is CC(C)CS(=N)(=O)C1CCCC1. The summed E-state index contributed by atoms with van der Waals surface area (Å²) in [7, 11) is -2.26. The highest BCUT2D eigenvalue weighted by Crippen LogP contribution is 2.26. The maximum Gasteiger partial charge on any atom is 0.0473 e. The van der Waals surface area contributed by atoms with Crippen LogP contribution in [0.3, 0.4) is 0 Å². The van der Waals surface area contributed by atoms with E-state index in [-0.39, 0.29) is 5.25 Å². The van der Waals surface area contributed by atoms with Crippen molar-refractivity contribution >= 4 is 9.73 Å². The molecule has 1 N–H and O–H groups in total. The van der Waals surface area contributed by atoms with Gasteiger partial charge in [0.05, 0.1) is 0 Å². The molecule has 3 heteroatoms. The summed E-state index contributed by atoms with van der Waals surface area (Å²) in [6, 6.07) is 0. The zero-order chi connectivity index (χ0) is 9.19. The van der Waals surface area contributed by atoms with Gasteiger partial charge in [-0.3, -0.25) is 4.78 Å². The van der Waals surface area contributed by atoms with E-state index >= 15 is 0 Å². The number of hydrogen-bond acceptors (Lipinski definition) is 2. The lowest BCUT2D eigenvalue weighted by Crippen LogP contribution is -2.22. The average Bonchev–Trinajstić information content (AvgIpc) is 2.32. The number of rotatable bonds is 3. The number of nitrogens with one attached hydrogen (secondary N) is 1. The third-order valence-electron chi connectivity index (χ3n) is 2.42. The van der Waals surface area contributed by atoms with Gasteiger partial charge in [0.25, 0.3) is 0 Å². The van der Waals surface area contributed by atoms with Crippen LogP contribution in [0.1, 0.15) is 39.5 Å². The minimum atomic E-state index is -2.26. The molecule has 1 rings (SSSR count). The van der Waals surface area contributed by atoms with Crippen LogP contribution in [0.25, 0.3) is 0 Å². The van der Waals surface area contributed by atoms with Gasteiger partial charge in [0.2, 0.25) is 0 Å². The van der Waals surface area contributed by atoms with Crippen LogP contribution in [0.5, 0.6) is 0 Å².